The Kier molecular flexibility index (Phi) is 7.01. The van der Waals surface area contributed by atoms with Crippen molar-refractivity contribution in [1.82, 2.24) is 0 Å². The first-order chi connectivity index (χ1) is 12.0. The van der Waals surface area contributed by atoms with Gasteiger partial charge in [0.15, 0.2) is 0 Å². The van der Waals surface area contributed by atoms with Crippen molar-refractivity contribution >= 4 is 40.0 Å². The van der Waals surface area contributed by atoms with Gasteiger partial charge in [-0.15, -0.1) is 0 Å². The fourth-order valence-corrected chi connectivity index (χ4v) is 2.68. The van der Waals surface area contributed by atoms with Gasteiger partial charge in [-0.3, -0.25) is 0 Å². The molecule has 0 saturated carbocycles. The zero-order valence-electron chi connectivity index (χ0n) is 14.1. The van der Waals surface area contributed by atoms with E-state index in [2.05, 4.69) is 15.9 Å². The first-order valence-electron chi connectivity index (χ1n) is 7.90. The summed E-state index contributed by atoms with van der Waals surface area (Å²) in [6.07, 6.45) is 12.5. The number of allylic oxidation sites excluding steroid dienone is 4. The van der Waals surface area contributed by atoms with Crippen molar-refractivity contribution in [3.8, 4) is 0 Å². The van der Waals surface area contributed by atoms with Gasteiger partial charge in [0.1, 0.15) is 4.48 Å². The molecule has 0 amide bonds. The summed E-state index contributed by atoms with van der Waals surface area (Å²) in [5.41, 5.74) is 3.56. The summed E-state index contributed by atoms with van der Waals surface area (Å²) in [4.78, 5) is 23.3. The van der Waals surface area contributed by atoms with Crippen LogP contribution in [-0.4, -0.2) is 25.2 Å². The maximum Gasteiger partial charge on any atom is 0.345 e. The number of fused-ring (bicyclic) bond motifs is 1. The van der Waals surface area contributed by atoms with Gasteiger partial charge < -0.3 is 13.9 Å². The number of halogens is 1. The van der Waals surface area contributed by atoms with E-state index in [-0.39, 0.29) is 0 Å². The summed E-state index contributed by atoms with van der Waals surface area (Å²) in [6.45, 7) is 4.14. The molecule has 0 saturated heterocycles. The van der Waals surface area contributed by atoms with Gasteiger partial charge in [0.05, 0.1) is 25.7 Å². The van der Waals surface area contributed by atoms with E-state index in [1.165, 1.54) is 6.08 Å². The Bertz CT molecular complexity index is 765. The standard InChI is InChI=1S/C19H19BrO5/c1-3-24-18(21)6-5-13-7-14(10-17(20)19(22)25-4-2)9-16-12-23-11-15(16)8-13/h5-6,8-12H,3-4,7H2,1-2H3/b6-5+,17-10-. The zero-order valence-corrected chi connectivity index (χ0v) is 15.7. The molecule has 0 bridgehead atoms. The highest BCUT2D eigenvalue weighted by Gasteiger charge is 2.13. The molecule has 1 aliphatic rings. The summed E-state index contributed by atoms with van der Waals surface area (Å²) in [6, 6.07) is 0. The largest absolute Gasteiger partial charge is 0.471 e. The molecule has 0 fully saturated rings. The Balaban J connectivity index is 2.28. The van der Waals surface area contributed by atoms with Crippen LogP contribution >= 0.6 is 15.9 Å². The first kappa shape index (κ1) is 19.0. The lowest BCUT2D eigenvalue weighted by Crippen LogP contribution is -2.03. The molecule has 0 aromatic carbocycles. The van der Waals surface area contributed by atoms with Gasteiger partial charge >= 0.3 is 11.9 Å². The smallest absolute Gasteiger partial charge is 0.345 e. The number of furan rings is 1. The van der Waals surface area contributed by atoms with Crippen LogP contribution in [0.1, 0.15) is 31.4 Å². The second-order valence-electron chi connectivity index (χ2n) is 5.20. The van der Waals surface area contributed by atoms with E-state index in [1.54, 1.807) is 38.5 Å². The molecule has 0 radical (unpaired) electrons. The summed E-state index contributed by atoms with van der Waals surface area (Å²) >= 11 is 3.25. The van der Waals surface area contributed by atoms with Crippen molar-refractivity contribution in [2.24, 2.45) is 0 Å². The van der Waals surface area contributed by atoms with E-state index in [9.17, 15) is 9.59 Å². The minimum atomic E-state index is -0.423. The Morgan fingerprint density at radius 2 is 1.76 bits per heavy atom. The van der Waals surface area contributed by atoms with Crippen LogP contribution in [0.2, 0.25) is 0 Å². The second-order valence-corrected chi connectivity index (χ2v) is 6.05. The molecule has 0 spiro atoms. The van der Waals surface area contributed by atoms with Crippen LogP contribution in [0.15, 0.2) is 50.8 Å². The van der Waals surface area contributed by atoms with E-state index in [0.29, 0.717) is 24.1 Å². The van der Waals surface area contributed by atoms with Gasteiger partial charge in [-0.25, -0.2) is 9.59 Å². The highest BCUT2D eigenvalue weighted by Crippen LogP contribution is 2.29. The Morgan fingerprint density at radius 3 is 2.40 bits per heavy atom. The highest BCUT2D eigenvalue weighted by molar-refractivity contribution is 9.12. The lowest BCUT2D eigenvalue weighted by Gasteiger charge is -2.04. The average molecular weight is 407 g/mol. The molecule has 5 nitrogen and oxygen atoms in total. The number of rotatable bonds is 6. The Labute approximate surface area is 154 Å². The molecular formula is C19H19BrO5. The number of carbonyl (C=O) groups is 2. The Hall–Kier alpha value is -2.34. The third kappa shape index (κ3) is 5.60. The van der Waals surface area contributed by atoms with Crippen molar-refractivity contribution in [2.45, 2.75) is 20.3 Å². The van der Waals surface area contributed by atoms with Gasteiger partial charge in [0.25, 0.3) is 0 Å². The normalized spacial score (nSPS) is 14.4. The molecular weight excluding hydrogens is 388 g/mol. The molecule has 2 rings (SSSR count). The van der Waals surface area contributed by atoms with E-state index in [0.717, 1.165) is 22.3 Å². The molecule has 6 heteroatoms. The van der Waals surface area contributed by atoms with Crippen molar-refractivity contribution in [1.29, 1.82) is 0 Å². The van der Waals surface area contributed by atoms with Crippen LogP contribution in [-0.2, 0) is 19.1 Å². The first-order valence-corrected chi connectivity index (χ1v) is 8.69. The van der Waals surface area contributed by atoms with Crippen molar-refractivity contribution in [3.05, 3.63) is 57.5 Å². The van der Waals surface area contributed by atoms with E-state index < -0.39 is 11.9 Å². The van der Waals surface area contributed by atoms with Crippen LogP contribution in [0.25, 0.3) is 12.2 Å². The predicted octanol–water partition coefficient (Wildman–Crippen LogP) is 4.41. The lowest BCUT2D eigenvalue weighted by atomic mass is 10.0. The minimum absolute atomic E-state index is 0.306. The van der Waals surface area contributed by atoms with Crippen LogP contribution in [0, 0.1) is 0 Å². The molecule has 25 heavy (non-hydrogen) atoms. The molecule has 1 heterocycles. The van der Waals surface area contributed by atoms with Crippen LogP contribution in [0.4, 0.5) is 0 Å². The van der Waals surface area contributed by atoms with Gasteiger partial charge in [0.2, 0.25) is 0 Å². The molecule has 0 aliphatic heterocycles. The SMILES string of the molecule is CCOC(=O)/C=C/C1=Cc2cocc2C=C(/C=C(\Br)C(=O)OCC)C1. The van der Waals surface area contributed by atoms with Crippen molar-refractivity contribution in [2.75, 3.05) is 13.2 Å². The van der Waals surface area contributed by atoms with Gasteiger partial charge in [-0.2, -0.15) is 0 Å². The summed E-state index contributed by atoms with van der Waals surface area (Å²) in [5.74, 6) is -0.818. The van der Waals surface area contributed by atoms with Crippen LogP contribution in [0.5, 0.6) is 0 Å². The van der Waals surface area contributed by atoms with Gasteiger partial charge in [-0.1, -0.05) is 6.08 Å². The fourth-order valence-electron chi connectivity index (χ4n) is 2.28. The monoisotopic (exact) mass is 406 g/mol. The van der Waals surface area contributed by atoms with Crippen LogP contribution in [0.3, 0.4) is 0 Å². The van der Waals surface area contributed by atoms with E-state index >= 15 is 0 Å². The van der Waals surface area contributed by atoms with Gasteiger partial charge in [0, 0.05) is 17.2 Å². The molecule has 0 unspecified atom stereocenters. The van der Waals surface area contributed by atoms with Crippen LogP contribution < -0.4 is 0 Å². The molecule has 1 aliphatic carbocycles. The maximum atomic E-state index is 11.8. The number of hydrogen-bond acceptors (Lipinski definition) is 5. The van der Waals surface area contributed by atoms with E-state index in [1.807, 2.05) is 12.2 Å². The molecule has 132 valence electrons. The molecule has 1 aromatic heterocycles. The molecule has 0 atom stereocenters. The third-order valence-corrected chi connectivity index (χ3v) is 3.87. The van der Waals surface area contributed by atoms with Gasteiger partial charge in [-0.05, 0) is 65.6 Å². The number of ether oxygens (including phenoxy) is 2. The third-order valence-electron chi connectivity index (χ3n) is 3.32. The molecule has 0 N–H and O–H groups in total. The summed E-state index contributed by atoms with van der Waals surface area (Å²) in [5, 5.41) is 0. The summed E-state index contributed by atoms with van der Waals surface area (Å²) < 4.78 is 15.5. The highest BCUT2D eigenvalue weighted by atomic mass is 79.9. The minimum Gasteiger partial charge on any atom is -0.471 e. The molecule has 1 aromatic rings. The predicted molar refractivity (Wildman–Crippen MR) is 98.7 cm³/mol. The average Bonchev–Trinajstić information content (AvgIpc) is 2.92. The number of carbonyl (C=O) groups excluding carboxylic acids is 2. The Morgan fingerprint density at radius 1 is 1.12 bits per heavy atom. The quantitative estimate of drug-likeness (QED) is 0.516. The zero-order chi connectivity index (χ0) is 18.2. The number of esters is 2. The maximum absolute atomic E-state index is 11.8. The topological polar surface area (TPSA) is 65.7 Å². The fraction of sp³-hybridized carbons (Fsp3) is 0.263. The second kappa shape index (κ2) is 9.22. The van der Waals surface area contributed by atoms with E-state index in [4.69, 9.17) is 13.9 Å². The summed E-state index contributed by atoms with van der Waals surface area (Å²) in [7, 11) is 0. The van der Waals surface area contributed by atoms with Crippen molar-refractivity contribution < 1.29 is 23.5 Å². The van der Waals surface area contributed by atoms with Crippen molar-refractivity contribution in [3.63, 3.8) is 0 Å². The number of hydrogen-bond donors (Lipinski definition) is 0. The lowest BCUT2D eigenvalue weighted by molar-refractivity contribution is -0.138.